The van der Waals surface area contributed by atoms with Crippen LogP contribution in [0.4, 0.5) is 0 Å². The third-order valence-corrected chi connectivity index (χ3v) is 3.79. The quantitative estimate of drug-likeness (QED) is 0.739. The number of halogens is 1. The summed E-state index contributed by atoms with van der Waals surface area (Å²) in [5.74, 6) is -0.642. The molecule has 0 atom stereocenters. The largest absolute Gasteiger partial charge is 0.366 e. The highest BCUT2D eigenvalue weighted by Gasteiger charge is 2.09. The van der Waals surface area contributed by atoms with E-state index in [1.807, 2.05) is 0 Å². The molecule has 94 valence electrons. The minimum Gasteiger partial charge on any atom is -0.366 e. The fourth-order valence-electron chi connectivity index (χ4n) is 1.20. The van der Waals surface area contributed by atoms with Crippen molar-refractivity contribution in [1.82, 2.24) is 4.72 Å². The number of primary amides is 1. The predicted octanol–water partition coefficient (Wildman–Crippen LogP) is 0.444. The molecule has 7 heteroatoms. The van der Waals surface area contributed by atoms with Crippen molar-refractivity contribution in [1.29, 1.82) is 0 Å². The number of nitrogens with two attached hydrogens (primary N) is 1. The Morgan fingerprint density at radius 2 is 2.12 bits per heavy atom. The van der Waals surface area contributed by atoms with E-state index >= 15 is 0 Å². The summed E-state index contributed by atoms with van der Waals surface area (Å²) in [5, 5.41) is 0. The number of nitrogens with one attached hydrogen (secondary N) is 1. The van der Waals surface area contributed by atoms with Gasteiger partial charge in [-0.05, 0) is 17.7 Å². The molecule has 0 aromatic heterocycles. The topological polar surface area (TPSA) is 89.3 Å². The fraction of sp³-hybridized carbons (Fsp3) is 0.300. The van der Waals surface area contributed by atoms with Crippen LogP contribution in [0.2, 0.25) is 0 Å². The number of hydrogen-bond acceptors (Lipinski definition) is 3. The number of carbonyl (C=O) groups excluding carboxylic acids is 1. The molecule has 0 aliphatic heterocycles. The molecule has 1 amide bonds. The van der Waals surface area contributed by atoms with Gasteiger partial charge < -0.3 is 5.73 Å². The van der Waals surface area contributed by atoms with Gasteiger partial charge in [-0.15, -0.1) is 11.6 Å². The maximum atomic E-state index is 11.3. The van der Waals surface area contributed by atoms with Gasteiger partial charge in [0.2, 0.25) is 15.9 Å². The maximum absolute atomic E-state index is 11.3. The van der Waals surface area contributed by atoms with Crippen LogP contribution >= 0.6 is 11.6 Å². The maximum Gasteiger partial charge on any atom is 0.248 e. The number of hydrogen-bond donors (Lipinski definition) is 2. The Morgan fingerprint density at radius 1 is 1.41 bits per heavy atom. The van der Waals surface area contributed by atoms with E-state index in [4.69, 9.17) is 17.3 Å². The zero-order valence-electron chi connectivity index (χ0n) is 9.02. The van der Waals surface area contributed by atoms with Crippen LogP contribution in [0.3, 0.4) is 0 Å². The molecule has 0 aliphatic carbocycles. The molecule has 0 aliphatic rings. The normalized spacial score (nSPS) is 11.4. The zero-order valence-corrected chi connectivity index (χ0v) is 10.6. The Bertz CT molecular complexity index is 502. The van der Waals surface area contributed by atoms with Gasteiger partial charge in [-0.2, -0.15) is 0 Å². The summed E-state index contributed by atoms with van der Waals surface area (Å²) in [4.78, 5) is 10.9. The van der Waals surface area contributed by atoms with Crippen molar-refractivity contribution in [3.63, 3.8) is 0 Å². The van der Waals surface area contributed by atoms with Crippen molar-refractivity contribution in [2.24, 2.45) is 5.73 Å². The lowest BCUT2D eigenvalue weighted by Crippen LogP contribution is -2.26. The van der Waals surface area contributed by atoms with Crippen LogP contribution < -0.4 is 10.5 Å². The Hall–Kier alpha value is -1.11. The monoisotopic (exact) mass is 276 g/mol. The van der Waals surface area contributed by atoms with Crippen LogP contribution in [-0.2, 0) is 16.6 Å². The van der Waals surface area contributed by atoms with E-state index in [1.54, 1.807) is 24.3 Å². The summed E-state index contributed by atoms with van der Waals surface area (Å²) in [6.07, 6.45) is 0. The summed E-state index contributed by atoms with van der Waals surface area (Å²) < 4.78 is 25.0. The highest BCUT2D eigenvalue weighted by Crippen LogP contribution is 2.05. The number of alkyl halides is 1. The van der Waals surface area contributed by atoms with Crippen molar-refractivity contribution in [2.75, 3.05) is 11.6 Å². The number of amides is 1. The van der Waals surface area contributed by atoms with Crippen LogP contribution in [-0.4, -0.2) is 26.0 Å². The van der Waals surface area contributed by atoms with Crippen LogP contribution in [0.25, 0.3) is 0 Å². The zero-order chi connectivity index (χ0) is 12.9. The average molecular weight is 277 g/mol. The minimum absolute atomic E-state index is 0.0384. The molecule has 1 rings (SSSR count). The standard InChI is InChI=1S/C10H13ClN2O3S/c11-4-5-17(15,16)13-7-8-2-1-3-9(6-8)10(12)14/h1-3,6,13H,4-5,7H2,(H2,12,14). The molecular weight excluding hydrogens is 264 g/mol. The molecule has 3 N–H and O–H groups in total. The van der Waals surface area contributed by atoms with Crippen molar-refractivity contribution in [2.45, 2.75) is 6.54 Å². The van der Waals surface area contributed by atoms with Crippen molar-refractivity contribution in [3.05, 3.63) is 35.4 Å². The summed E-state index contributed by atoms with van der Waals surface area (Å²) in [7, 11) is -3.36. The van der Waals surface area contributed by atoms with Gasteiger partial charge in [-0.25, -0.2) is 13.1 Å². The second-order valence-corrected chi connectivity index (χ2v) is 5.70. The predicted molar refractivity (Wildman–Crippen MR) is 66.3 cm³/mol. The molecule has 0 saturated carbocycles. The lowest BCUT2D eigenvalue weighted by Gasteiger charge is -2.06. The smallest absolute Gasteiger partial charge is 0.248 e. The molecule has 0 saturated heterocycles. The Kier molecular flexibility index (Phi) is 4.92. The summed E-state index contributed by atoms with van der Waals surface area (Å²) in [6.45, 7) is 0.111. The highest BCUT2D eigenvalue weighted by atomic mass is 35.5. The van der Waals surface area contributed by atoms with E-state index in [0.29, 0.717) is 11.1 Å². The van der Waals surface area contributed by atoms with Crippen LogP contribution in [0, 0.1) is 0 Å². The van der Waals surface area contributed by atoms with Gasteiger partial charge in [-0.1, -0.05) is 12.1 Å². The van der Waals surface area contributed by atoms with E-state index in [0.717, 1.165) is 0 Å². The first-order valence-corrected chi connectivity index (χ1v) is 7.05. The lowest BCUT2D eigenvalue weighted by atomic mass is 10.1. The van der Waals surface area contributed by atoms with E-state index in [2.05, 4.69) is 4.72 Å². The molecule has 17 heavy (non-hydrogen) atoms. The second-order valence-electron chi connectivity index (χ2n) is 3.39. The molecule has 0 fully saturated rings. The fourth-order valence-corrected chi connectivity index (χ4v) is 2.55. The molecule has 1 aromatic carbocycles. The summed E-state index contributed by atoms with van der Waals surface area (Å²) in [5.41, 5.74) is 6.13. The van der Waals surface area contributed by atoms with Crippen LogP contribution in [0.5, 0.6) is 0 Å². The SMILES string of the molecule is NC(=O)c1cccc(CNS(=O)(=O)CCCl)c1. The Balaban J connectivity index is 2.70. The first kappa shape index (κ1) is 14.0. The molecule has 5 nitrogen and oxygen atoms in total. The van der Waals surface area contributed by atoms with Crippen molar-refractivity contribution in [3.8, 4) is 0 Å². The van der Waals surface area contributed by atoms with Crippen molar-refractivity contribution >= 4 is 27.5 Å². The van der Waals surface area contributed by atoms with E-state index in [1.165, 1.54) is 0 Å². The van der Waals surface area contributed by atoms with E-state index in [-0.39, 0.29) is 18.2 Å². The first-order chi connectivity index (χ1) is 7.94. The Morgan fingerprint density at radius 3 is 2.71 bits per heavy atom. The third kappa shape index (κ3) is 4.72. The number of carbonyl (C=O) groups is 1. The number of benzene rings is 1. The van der Waals surface area contributed by atoms with Crippen LogP contribution in [0.15, 0.2) is 24.3 Å². The van der Waals surface area contributed by atoms with Gasteiger partial charge in [0.15, 0.2) is 0 Å². The van der Waals surface area contributed by atoms with Gasteiger partial charge >= 0.3 is 0 Å². The molecular formula is C10H13ClN2O3S. The molecule has 0 radical (unpaired) electrons. The van der Waals surface area contributed by atoms with Crippen molar-refractivity contribution < 1.29 is 13.2 Å². The molecule has 0 heterocycles. The van der Waals surface area contributed by atoms with Gasteiger partial charge in [0, 0.05) is 18.0 Å². The van der Waals surface area contributed by atoms with Gasteiger partial charge in [0.1, 0.15) is 0 Å². The number of rotatable bonds is 6. The highest BCUT2D eigenvalue weighted by molar-refractivity contribution is 7.89. The van der Waals surface area contributed by atoms with Gasteiger partial charge in [0.05, 0.1) is 5.75 Å². The summed E-state index contributed by atoms with van der Waals surface area (Å²) >= 11 is 5.35. The molecule has 0 bridgehead atoms. The van der Waals surface area contributed by atoms with Crippen LogP contribution in [0.1, 0.15) is 15.9 Å². The lowest BCUT2D eigenvalue weighted by molar-refractivity contribution is 0.1000. The van der Waals surface area contributed by atoms with Gasteiger partial charge in [0.25, 0.3) is 0 Å². The summed E-state index contributed by atoms with van der Waals surface area (Å²) in [6, 6.07) is 6.46. The Labute approximate surface area is 105 Å². The third-order valence-electron chi connectivity index (χ3n) is 2.05. The average Bonchev–Trinajstić information content (AvgIpc) is 2.27. The molecule has 0 spiro atoms. The van der Waals surface area contributed by atoms with E-state index in [9.17, 15) is 13.2 Å². The first-order valence-electron chi connectivity index (χ1n) is 4.86. The van der Waals surface area contributed by atoms with Gasteiger partial charge in [-0.3, -0.25) is 4.79 Å². The molecule has 0 unspecified atom stereocenters. The molecule has 1 aromatic rings. The number of sulfonamides is 1. The van der Waals surface area contributed by atoms with E-state index < -0.39 is 15.9 Å². The second kappa shape index (κ2) is 6.00. The minimum atomic E-state index is -3.36.